The van der Waals surface area contributed by atoms with E-state index >= 15 is 0 Å². The highest BCUT2D eigenvalue weighted by atomic mass is 35.5. The number of urea groups is 1. The van der Waals surface area contributed by atoms with Gasteiger partial charge in [-0.25, -0.2) is 9.69 Å². The zero-order valence-corrected chi connectivity index (χ0v) is 18.2. The van der Waals surface area contributed by atoms with Gasteiger partial charge in [-0.15, -0.1) is 0 Å². The van der Waals surface area contributed by atoms with Crippen LogP contribution in [0.2, 0.25) is 5.02 Å². The van der Waals surface area contributed by atoms with Gasteiger partial charge in [-0.1, -0.05) is 30.7 Å². The number of rotatable bonds is 7. The molecular weight excluding hydrogens is 430 g/mol. The first-order chi connectivity index (χ1) is 15.5. The van der Waals surface area contributed by atoms with Gasteiger partial charge in [0.15, 0.2) is 0 Å². The number of aryl methyl sites for hydroxylation is 1. The lowest BCUT2D eigenvalue weighted by Gasteiger charge is -2.20. The molecule has 4 rings (SSSR count). The summed E-state index contributed by atoms with van der Waals surface area (Å²) < 4.78 is 5.36. The molecule has 1 saturated heterocycles. The summed E-state index contributed by atoms with van der Waals surface area (Å²) in [6.45, 7) is 2.13. The molecule has 1 aromatic heterocycles. The van der Waals surface area contributed by atoms with Crippen molar-refractivity contribution in [1.82, 2.24) is 4.90 Å². The van der Waals surface area contributed by atoms with Gasteiger partial charge in [0.2, 0.25) is 5.91 Å². The Morgan fingerprint density at radius 3 is 2.41 bits per heavy atom. The highest BCUT2D eigenvalue weighted by Crippen LogP contribution is 2.29. The predicted molar refractivity (Wildman–Crippen MR) is 121 cm³/mol. The number of hydrogen-bond acceptors (Lipinski definition) is 4. The van der Waals surface area contributed by atoms with E-state index in [2.05, 4.69) is 12.2 Å². The number of nitrogens with one attached hydrogen (secondary N) is 1. The summed E-state index contributed by atoms with van der Waals surface area (Å²) in [4.78, 5) is 41.6. The maximum Gasteiger partial charge on any atom is 0.332 e. The largest absolute Gasteiger partial charge is 0.467 e. The average Bonchev–Trinajstić information content (AvgIpc) is 3.38. The first kappa shape index (κ1) is 21.6. The number of carbonyl (C=O) groups excluding carboxylic acids is 3. The Bertz CT molecular complexity index is 1110. The number of amides is 4. The van der Waals surface area contributed by atoms with Gasteiger partial charge in [0.25, 0.3) is 5.91 Å². The maximum absolute atomic E-state index is 13.2. The first-order valence-corrected chi connectivity index (χ1v) is 10.7. The summed E-state index contributed by atoms with van der Waals surface area (Å²) in [7, 11) is 0. The number of carbonyl (C=O) groups is 3. The molecule has 1 fully saturated rings. The van der Waals surface area contributed by atoms with Crippen LogP contribution in [-0.2, 0) is 22.6 Å². The summed E-state index contributed by atoms with van der Waals surface area (Å²) in [5.74, 6) is -0.312. The number of benzene rings is 2. The molecular formula is C24H22ClN3O4. The molecule has 1 aliphatic heterocycles. The van der Waals surface area contributed by atoms with Crippen LogP contribution in [0, 0.1) is 0 Å². The van der Waals surface area contributed by atoms with Crippen LogP contribution in [0.3, 0.4) is 0 Å². The molecule has 2 aromatic carbocycles. The highest BCUT2D eigenvalue weighted by Gasteiger charge is 2.47. The molecule has 0 aliphatic carbocycles. The molecule has 4 amide bonds. The SMILES string of the molecule is CCc1ccc(NC(=O)C[C@@H]2C(=O)N(c3ccc(Cl)cc3)C(=O)N2Cc2ccco2)cc1. The van der Waals surface area contributed by atoms with Crippen molar-refractivity contribution in [2.24, 2.45) is 0 Å². The summed E-state index contributed by atoms with van der Waals surface area (Å²) in [5.41, 5.74) is 2.19. The third-order valence-corrected chi connectivity index (χ3v) is 5.59. The Morgan fingerprint density at radius 1 is 1.06 bits per heavy atom. The summed E-state index contributed by atoms with van der Waals surface area (Å²) in [6.07, 6.45) is 2.22. The van der Waals surface area contributed by atoms with E-state index in [1.165, 1.54) is 11.2 Å². The Labute approximate surface area is 190 Å². The molecule has 0 spiro atoms. The van der Waals surface area contributed by atoms with Crippen molar-refractivity contribution in [1.29, 1.82) is 0 Å². The van der Waals surface area contributed by atoms with E-state index in [4.69, 9.17) is 16.0 Å². The van der Waals surface area contributed by atoms with Crippen LogP contribution in [0.5, 0.6) is 0 Å². The van der Waals surface area contributed by atoms with Crippen molar-refractivity contribution in [3.63, 3.8) is 0 Å². The zero-order chi connectivity index (χ0) is 22.7. The van der Waals surface area contributed by atoms with Gasteiger partial charge in [0.05, 0.1) is 24.9 Å². The van der Waals surface area contributed by atoms with Crippen LogP contribution >= 0.6 is 11.6 Å². The zero-order valence-electron chi connectivity index (χ0n) is 17.5. The van der Waals surface area contributed by atoms with E-state index in [-0.39, 0.29) is 18.9 Å². The van der Waals surface area contributed by atoms with Crippen LogP contribution in [-0.4, -0.2) is 28.8 Å². The number of imide groups is 1. The van der Waals surface area contributed by atoms with E-state index in [0.717, 1.165) is 16.9 Å². The molecule has 1 aliphatic rings. The molecule has 8 heteroatoms. The topological polar surface area (TPSA) is 82.9 Å². The smallest absolute Gasteiger partial charge is 0.332 e. The van der Waals surface area contributed by atoms with Gasteiger partial charge < -0.3 is 14.6 Å². The summed E-state index contributed by atoms with van der Waals surface area (Å²) in [5, 5.41) is 3.30. The van der Waals surface area contributed by atoms with Crippen molar-refractivity contribution < 1.29 is 18.8 Å². The monoisotopic (exact) mass is 451 g/mol. The van der Waals surface area contributed by atoms with Crippen molar-refractivity contribution in [3.8, 4) is 0 Å². The Kier molecular flexibility index (Phi) is 6.28. The van der Waals surface area contributed by atoms with Crippen molar-refractivity contribution in [2.45, 2.75) is 32.4 Å². The van der Waals surface area contributed by atoms with Crippen LogP contribution in [0.1, 0.15) is 24.7 Å². The van der Waals surface area contributed by atoms with E-state index in [9.17, 15) is 14.4 Å². The molecule has 0 radical (unpaired) electrons. The van der Waals surface area contributed by atoms with Crippen molar-refractivity contribution in [2.75, 3.05) is 10.2 Å². The molecule has 2 heterocycles. The van der Waals surface area contributed by atoms with E-state index < -0.39 is 18.0 Å². The second kappa shape index (κ2) is 9.28. The number of anilines is 2. The first-order valence-electron chi connectivity index (χ1n) is 10.3. The molecule has 164 valence electrons. The van der Waals surface area contributed by atoms with Gasteiger partial charge in [-0.05, 0) is 60.5 Å². The molecule has 1 atom stereocenters. The Balaban J connectivity index is 1.56. The fraction of sp³-hybridized carbons (Fsp3) is 0.208. The lowest BCUT2D eigenvalue weighted by molar-refractivity contribution is -0.124. The minimum absolute atomic E-state index is 0.0742. The van der Waals surface area contributed by atoms with Crippen LogP contribution in [0.25, 0.3) is 0 Å². The van der Waals surface area contributed by atoms with Crippen LogP contribution in [0.15, 0.2) is 71.3 Å². The molecule has 1 N–H and O–H groups in total. The molecule has 3 aromatic rings. The maximum atomic E-state index is 13.2. The highest BCUT2D eigenvalue weighted by molar-refractivity contribution is 6.30. The molecule has 0 bridgehead atoms. The molecule has 0 saturated carbocycles. The fourth-order valence-corrected chi connectivity index (χ4v) is 3.75. The molecule has 0 unspecified atom stereocenters. The van der Waals surface area contributed by atoms with Crippen molar-refractivity contribution >= 4 is 40.8 Å². The molecule has 7 nitrogen and oxygen atoms in total. The third-order valence-electron chi connectivity index (χ3n) is 5.33. The lowest BCUT2D eigenvalue weighted by atomic mass is 10.1. The second-order valence-corrected chi connectivity index (χ2v) is 7.89. The predicted octanol–water partition coefficient (Wildman–Crippen LogP) is 4.86. The van der Waals surface area contributed by atoms with Crippen molar-refractivity contribution in [3.05, 3.63) is 83.3 Å². The van der Waals surface area contributed by atoms with Crippen LogP contribution < -0.4 is 10.2 Å². The number of halogens is 1. The van der Waals surface area contributed by atoms with Gasteiger partial charge in [0, 0.05) is 10.7 Å². The third kappa shape index (κ3) is 4.53. The van der Waals surface area contributed by atoms with Gasteiger partial charge in [0.1, 0.15) is 11.8 Å². The van der Waals surface area contributed by atoms with E-state index in [0.29, 0.717) is 22.2 Å². The number of nitrogens with zero attached hydrogens (tertiary/aromatic N) is 2. The second-order valence-electron chi connectivity index (χ2n) is 7.46. The Hall–Kier alpha value is -3.58. The fourth-order valence-electron chi connectivity index (χ4n) is 3.62. The number of hydrogen-bond donors (Lipinski definition) is 1. The Morgan fingerprint density at radius 2 is 1.78 bits per heavy atom. The standard InChI is InChI=1S/C24H22ClN3O4/c1-2-16-5-9-18(10-6-16)26-22(29)14-21-23(30)28(19-11-7-17(25)8-12-19)24(31)27(21)15-20-4-3-13-32-20/h3-13,21H,2,14-15H2,1H3,(H,26,29)/t21-/m1/s1. The normalized spacial score (nSPS) is 16.0. The van der Waals surface area contributed by atoms with E-state index in [1.807, 2.05) is 24.3 Å². The van der Waals surface area contributed by atoms with Gasteiger partial charge in [-0.3, -0.25) is 9.59 Å². The number of furan rings is 1. The van der Waals surface area contributed by atoms with Gasteiger partial charge >= 0.3 is 6.03 Å². The lowest BCUT2D eigenvalue weighted by Crippen LogP contribution is -2.37. The molecule has 32 heavy (non-hydrogen) atoms. The quantitative estimate of drug-likeness (QED) is 0.520. The minimum atomic E-state index is -0.960. The minimum Gasteiger partial charge on any atom is -0.467 e. The van der Waals surface area contributed by atoms with Crippen LogP contribution in [0.4, 0.5) is 16.2 Å². The van der Waals surface area contributed by atoms with Gasteiger partial charge in [-0.2, -0.15) is 0 Å². The summed E-state index contributed by atoms with van der Waals surface area (Å²) in [6, 6.07) is 15.9. The summed E-state index contributed by atoms with van der Waals surface area (Å²) >= 11 is 5.94. The average molecular weight is 452 g/mol. The van der Waals surface area contributed by atoms with E-state index in [1.54, 1.807) is 36.4 Å².